The van der Waals surface area contributed by atoms with Crippen molar-refractivity contribution in [1.82, 2.24) is 0 Å². The van der Waals surface area contributed by atoms with Crippen molar-refractivity contribution in [1.29, 1.82) is 0 Å². The smallest absolute Gasteiger partial charge is 0.296 e. The lowest BCUT2D eigenvalue weighted by Gasteiger charge is -2.18. The van der Waals surface area contributed by atoms with Gasteiger partial charge in [-0.3, -0.25) is 14.0 Å². The zero-order valence-electron chi connectivity index (χ0n) is 22.8. The molecule has 18 heteroatoms. The molecule has 5 N–H and O–H groups in total. The fraction of sp³-hybridized carbons (Fsp3) is 0.154. The van der Waals surface area contributed by atoms with Gasteiger partial charge in [-0.05, 0) is 84.4 Å². The number of hydrogen-bond donors (Lipinski definition) is 4. The van der Waals surface area contributed by atoms with Gasteiger partial charge in [-0.25, -0.2) is 13.3 Å². The summed E-state index contributed by atoms with van der Waals surface area (Å²) in [5.74, 6) is -0.432. The Balaban J connectivity index is 1.79. The van der Waals surface area contributed by atoms with Crippen molar-refractivity contribution in [2.75, 3.05) is 12.3 Å². The molecule has 0 amide bonds. The molecule has 4 aromatic carbocycles. The van der Waals surface area contributed by atoms with Gasteiger partial charge in [0, 0.05) is 0 Å². The van der Waals surface area contributed by atoms with E-state index < -0.39 is 63.5 Å². The summed E-state index contributed by atoms with van der Waals surface area (Å²) in [7, 11) is -9.40. The molecule has 4 rings (SSSR count). The molecule has 232 valence electrons. The molecule has 0 aliphatic rings. The van der Waals surface area contributed by atoms with Crippen LogP contribution in [0.15, 0.2) is 90.9 Å². The minimum Gasteiger partial charge on any atom is -0.771 e. The zero-order chi connectivity index (χ0) is 32.4. The molecule has 0 bridgehead atoms. The highest BCUT2D eigenvalue weighted by atomic mass is 32.3. The Morgan fingerprint density at radius 3 is 1.98 bits per heavy atom. The Morgan fingerprint density at radius 1 is 0.909 bits per heavy atom. The van der Waals surface area contributed by atoms with E-state index in [0.29, 0.717) is 11.3 Å². The molecule has 0 aromatic heterocycles. The van der Waals surface area contributed by atoms with Crippen LogP contribution in [-0.4, -0.2) is 51.7 Å². The van der Waals surface area contributed by atoms with Gasteiger partial charge in [0.05, 0.1) is 27.3 Å². The number of rotatable bonds is 10. The zero-order valence-corrected chi connectivity index (χ0v) is 25.3. The Morgan fingerprint density at radius 2 is 1.45 bits per heavy atom. The number of nitrogens with two attached hydrogens (primary N) is 1. The lowest BCUT2D eigenvalue weighted by atomic mass is 10.0. The number of phenolic OH excluding ortho intramolecular Hbond substituents is 1. The maximum Gasteiger partial charge on any atom is 0.296 e. The number of benzene rings is 4. The number of sulfone groups is 1. The van der Waals surface area contributed by atoms with Gasteiger partial charge in [-0.2, -0.15) is 18.6 Å². The molecule has 4 aromatic rings. The van der Waals surface area contributed by atoms with Crippen LogP contribution in [0, 0.1) is 13.8 Å². The summed E-state index contributed by atoms with van der Waals surface area (Å²) < 4.78 is 80.3. The minimum absolute atomic E-state index is 0.0244. The van der Waals surface area contributed by atoms with Crippen LogP contribution in [0.2, 0.25) is 0 Å². The van der Waals surface area contributed by atoms with Crippen LogP contribution in [0.1, 0.15) is 11.1 Å². The van der Waals surface area contributed by atoms with Crippen LogP contribution in [-0.2, 0) is 35.9 Å². The topological polar surface area (TPSA) is 254 Å². The minimum atomic E-state index is -4.91. The van der Waals surface area contributed by atoms with Gasteiger partial charge in [-0.1, -0.05) is 17.7 Å². The summed E-state index contributed by atoms with van der Waals surface area (Å²) in [6, 6.07) is 13.9. The summed E-state index contributed by atoms with van der Waals surface area (Å²) >= 11 is -3.14. The maximum absolute atomic E-state index is 12.6. The number of hydrogen-bond acceptors (Lipinski definition) is 14. The molecule has 0 fully saturated rings. The standard InChI is InChI=1S/C26H25N5O10S3/c1-14-3-5-17(6-4-14)28-30-24-15(2)11-16-12-20(44(38,39)40)25(23(27)22(16)26(24)32)31-29-18-7-9-19(10-8-18)43(36,37)21(13-41-33)42(34)35/h3-12,21,32-33H,13,27H2,1-2H3,(H,34,35)(H,38,39,40)/p-1. The van der Waals surface area contributed by atoms with Crippen LogP contribution in [0.25, 0.3) is 10.8 Å². The van der Waals surface area contributed by atoms with E-state index in [2.05, 4.69) is 25.3 Å². The van der Waals surface area contributed by atoms with Crippen LogP contribution >= 0.6 is 0 Å². The van der Waals surface area contributed by atoms with Gasteiger partial charge < -0.3 is 15.4 Å². The molecular weight excluding hydrogens is 639 g/mol. The number of fused-ring (bicyclic) bond motifs is 1. The van der Waals surface area contributed by atoms with Gasteiger partial charge in [0.1, 0.15) is 22.9 Å². The lowest BCUT2D eigenvalue weighted by Crippen LogP contribution is -2.30. The second kappa shape index (κ2) is 12.8. The summed E-state index contributed by atoms with van der Waals surface area (Å²) in [6.45, 7) is 2.49. The Hall–Kier alpha value is -4.17. The van der Waals surface area contributed by atoms with E-state index in [1.807, 2.05) is 19.1 Å². The molecule has 2 atom stereocenters. The summed E-state index contributed by atoms with van der Waals surface area (Å²) in [5, 5.41) is 35.8. The van der Waals surface area contributed by atoms with Crippen molar-refractivity contribution in [2.24, 2.45) is 20.5 Å². The lowest BCUT2D eigenvalue weighted by molar-refractivity contribution is -0.238. The second-order valence-corrected chi connectivity index (χ2v) is 14.3. The van der Waals surface area contributed by atoms with Crippen molar-refractivity contribution in [3.8, 4) is 5.75 Å². The number of azo groups is 2. The third kappa shape index (κ3) is 6.81. The van der Waals surface area contributed by atoms with E-state index in [9.17, 15) is 35.3 Å². The largest absolute Gasteiger partial charge is 0.771 e. The van der Waals surface area contributed by atoms with Crippen molar-refractivity contribution in [2.45, 2.75) is 28.2 Å². The fourth-order valence-electron chi connectivity index (χ4n) is 4.09. The number of anilines is 1. The van der Waals surface area contributed by atoms with Gasteiger partial charge in [0.15, 0.2) is 20.2 Å². The van der Waals surface area contributed by atoms with Crippen molar-refractivity contribution < 1.29 is 45.4 Å². The molecule has 0 aliphatic heterocycles. The highest BCUT2D eigenvalue weighted by molar-refractivity contribution is 8.04. The molecule has 0 radical (unpaired) electrons. The average Bonchev–Trinajstić information content (AvgIpc) is 2.95. The van der Waals surface area contributed by atoms with E-state index in [1.54, 1.807) is 19.1 Å². The average molecular weight is 663 g/mol. The molecule has 0 saturated carbocycles. The molecule has 0 heterocycles. The van der Waals surface area contributed by atoms with E-state index in [1.165, 1.54) is 6.07 Å². The number of nitrogens with zero attached hydrogens (tertiary/aromatic N) is 4. The molecule has 15 nitrogen and oxygen atoms in total. The number of aryl methyl sites for hydroxylation is 2. The van der Waals surface area contributed by atoms with Crippen LogP contribution in [0.5, 0.6) is 5.75 Å². The maximum atomic E-state index is 12.6. The first-order valence-electron chi connectivity index (χ1n) is 12.3. The first-order valence-corrected chi connectivity index (χ1v) is 16.4. The Labute approximate surface area is 253 Å². The third-order valence-corrected chi connectivity index (χ3v) is 10.7. The Bertz CT molecular complexity index is 2030. The molecule has 0 spiro atoms. The van der Waals surface area contributed by atoms with Gasteiger partial charge >= 0.3 is 0 Å². The fourth-order valence-corrected chi connectivity index (χ4v) is 7.15. The summed E-state index contributed by atoms with van der Waals surface area (Å²) in [6.07, 6.45) is 0. The first kappa shape index (κ1) is 32.7. The first-order chi connectivity index (χ1) is 20.6. The number of nitrogen functional groups attached to an aromatic ring is 1. The summed E-state index contributed by atoms with van der Waals surface area (Å²) in [5.41, 5.74) is 7.33. The number of aromatic hydroxyl groups is 1. The highest BCUT2D eigenvalue weighted by Crippen LogP contribution is 2.47. The second-order valence-electron chi connectivity index (χ2n) is 9.36. The van der Waals surface area contributed by atoms with Crippen molar-refractivity contribution in [3.05, 3.63) is 71.8 Å². The third-order valence-electron chi connectivity index (χ3n) is 6.32. The van der Waals surface area contributed by atoms with E-state index in [0.717, 1.165) is 35.9 Å². The Kier molecular flexibility index (Phi) is 9.54. The molecule has 2 unspecified atom stereocenters. The quantitative estimate of drug-likeness (QED) is 0.0423. The normalized spacial score (nSPS) is 14.0. The van der Waals surface area contributed by atoms with Crippen LogP contribution in [0.3, 0.4) is 0 Å². The molecular formula is C26H24N5O10S3-. The molecule has 0 aliphatic carbocycles. The number of phenols is 1. The predicted octanol–water partition coefficient (Wildman–Crippen LogP) is 5.29. The molecule has 44 heavy (non-hydrogen) atoms. The SMILES string of the molecule is Cc1ccc(N=Nc2c(C)cc3cc(S(=O)(=O)O)c(N=Nc4ccc(S(=O)(=O)C(COO)S(=O)[O-])cc4)c(N)c3c2O)cc1. The van der Waals surface area contributed by atoms with E-state index in [-0.39, 0.29) is 27.8 Å². The predicted molar refractivity (Wildman–Crippen MR) is 159 cm³/mol. The van der Waals surface area contributed by atoms with Crippen molar-refractivity contribution >= 4 is 70.2 Å². The van der Waals surface area contributed by atoms with Gasteiger partial charge in [-0.15, -0.1) is 10.2 Å². The van der Waals surface area contributed by atoms with E-state index in [4.69, 9.17) is 11.0 Å². The van der Waals surface area contributed by atoms with Crippen LogP contribution in [0.4, 0.5) is 28.4 Å². The van der Waals surface area contributed by atoms with Gasteiger partial charge in [0.2, 0.25) is 0 Å². The summed E-state index contributed by atoms with van der Waals surface area (Å²) in [4.78, 5) is 2.54. The van der Waals surface area contributed by atoms with Gasteiger partial charge in [0.25, 0.3) is 10.1 Å². The molecule has 0 saturated heterocycles. The van der Waals surface area contributed by atoms with Crippen molar-refractivity contribution in [3.63, 3.8) is 0 Å². The van der Waals surface area contributed by atoms with E-state index >= 15 is 0 Å². The highest BCUT2D eigenvalue weighted by Gasteiger charge is 2.29. The van der Waals surface area contributed by atoms with Crippen LogP contribution < -0.4 is 5.73 Å². The monoisotopic (exact) mass is 662 g/mol.